The Kier molecular flexibility index (Phi) is 4.07. The fraction of sp³-hybridized carbons (Fsp3) is 0. The number of para-hydroxylation sites is 1. The molecule has 0 aliphatic carbocycles. The molecule has 0 N–H and O–H groups in total. The molecule has 0 aliphatic heterocycles. The van der Waals surface area contributed by atoms with Crippen molar-refractivity contribution in [3.63, 3.8) is 0 Å². The van der Waals surface area contributed by atoms with Crippen LogP contribution in [0, 0.1) is 11.3 Å². The fourth-order valence-corrected chi connectivity index (χ4v) is 3.47. The molecule has 0 atom stereocenters. The minimum atomic E-state index is 0.559. The molecule has 0 bridgehead atoms. The van der Waals surface area contributed by atoms with Crippen LogP contribution in [0.2, 0.25) is 0 Å². The highest BCUT2D eigenvalue weighted by molar-refractivity contribution is 7.11. The predicted molar refractivity (Wildman–Crippen MR) is 103 cm³/mol. The molecule has 0 fully saturated rings. The van der Waals surface area contributed by atoms with E-state index in [1.165, 1.54) is 11.3 Å². The van der Waals surface area contributed by atoms with Gasteiger partial charge < -0.3 is 0 Å². The molecular formula is C21H13N3S. The monoisotopic (exact) mass is 339 g/mol. The lowest BCUT2D eigenvalue weighted by Crippen LogP contribution is -1.85. The van der Waals surface area contributed by atoms with Crippen molar-refractivity contribution in [3.8, 4) is 17.3 Å². The second-order valence-corrected chi connectivity index (χ2v) is 6.35. The van der Waals surface area contributed by atoms with Crippen molar-refractivity contribution in [2.24, 2.45) is 0 Å². The zero-order valence-electron chi connectivity index (χ0n) is 13.3. The van der Waals surface area contributed by atoms with Crippen LogP contribution in [0.25, 0.3) is 33.8 Å². The molecule has 2 aromatic heterocycles. The van der Waals surface area contributed by atoms with Gasteiger partial charge in [-0.05, 0) is 23.8 Å². The Morgan fingerprint density at radius 2 is 1.80 bits per heavy atom. The summed E-state index contributed by atoms with van der Waals surface area (Å²) in [6.07, 6.45) is 3.65. The number of thiazole rings is 1. The van der Waals surface area contributed by atoms with E-state index in [1.807, 2.05) is 72.1 Å². The molecule has 0 saturated heterocycles. The second-order valence-electron chi connectivity index (χ2n) is 5.49. The number of nitrogens with zero attached hydrogens (tertiary/aromatic N) is 3. The number of allylic oxidation sites excluding steroid dienone is 1. The van der Waals surface area contributed by atoms with Gasteiger partial charge in [0.1, 0.15) is 11.1 Å². The number of benzene rings is 2. The van der Waals surface area contributed by atoms with Gasteiger partial charge in [0.25, 0.3) is 0 Å². The Hall–Kier alpha value is -3.29. The van der Waals surface area contributed by atoms with Crippen LogP contribution >= 0.6 is 11.3 Å². The molecule has 0 unspecified atom stereocenters. The zero-order chi connectivity index (χ0) is 17.1. The average Bonchev–Trinajstić information content (AvgIpc) is 3.17. The number of rotatable bonds is 3. The van der Waals surface area contributed by atoms with Crippen LogP contribution in [0.1, 0.15) is 10.6 Å². The van der Waals surface area contributed by atoms with E-state index in [2.05, 4.69) is 16.0 Å². The lowest BCUT2D eigenvalue weighted by molar-refractivity contribution is 1.37. The van der Waals surface area contributed by atoms with Crippen molar-refractivity contribution in [1.82, 2.24) is 9.97 Å². The molecule has 4 rings (SSSR count). The Morgan fingerprint density at radius 1 is 1.00 bits per heavy atom. The molecule has 118 valence electrons. The van der Waals surface area contributed by atoms with Crippen molar-refractivity contribution < 1.29 is 0 Å². The molecule has 0 aliphatic rings. The van der Waals surface area contributed by atoms with Crippen LogP contribution in [0.5, 0.6) is 0 Å². The highest BCUT2D eigenvalue weighted by Crippen LogP contribution is 2.28. The summed E-state index contributed by atoms with van der Waals surface area (Å²) in [5, 5.41) is 13.4. The van der Waals surface area contributed by atoms with Crippen molar-refractivity contribution in [2.75, 3.05) is 0 Å². The molecule has 4 heteroatoms. The maximum Gasteiger partial charge on any atom is 0.134 e. The highest BCUT2D eigenvalue weighted by atomic mass is 32.1. The maximum atomic E-state index is 9.63. The number of aromatic nitrogens is 2. The van der Waals surface area contributed by atoms with Gasteiger partial charge in [-0.15, -0.1) is 11.3 Å². The fourth-order valence-electron chi connectivity index (χ4n) is 2.68. The van der Waals surface area contributed by atoms with Gasteiger partial charge in [-0.25, -0.2) is 4.98 Å². The number of hydrogen-bond donors (Lipinski definition) is 0. The van der Waals surface area contributed by atoms with Gasteiger partial charge >= 0.3 is 0 Å². The SMILES string of the molecule is N#CC(=Cc1ccnc2ccccc12)c1nc(-c2ccccc2)cs1. The third-order valence-electron chi connectivity index (χ3n) is 3.91. The van der Waals surface area contributed by atoms with Crippen molar-refractivity contribution in [3.05, 3.63) is 82.8 Å². The second kappa shape index (κ2) is 6.68. The van der Waals surface area contributed by atoms with E-state index in [1.54, 1.807) is 6.20 Å². The number of fused-ring (bicyclic) bond motifs is 1. The van der Waals surface area contributed by atoms with Crippen LogP contribution in [0.3, 0.4) is 0 Å². The molecule has 2 aromatic carbocycles. The Bertz CT molecular complexity index is 1100. The molecule has 3 nitrogen and oxygen atoms in total. The normalized spacial score (nSPS) is 11.4. The van der Waals surface area contributed by atoms with E-state index in [9.17, 15) is 5.26 Å². The minimum Gasteiger partial charge on any atom is -0.256 e. The van der Waals surface area contributed by atoms with Gasteiger partial charge in [0.05, 0.1) is 16.8 Å². The summed E-state index contributed by atoms with van der Waals surface area (Å²) in [4.78, 5) is 9.01. The van der Waals surface area contributed by atoms with Crippen LogP contribution in [-0.2, 0) is 0 Å². The molecule has 0 radical (unpaired) electrons. The van der Waals surface area contributed by atoms with Gasteiger partial charge in [-0.1, -0.05) is 48.5 Å². The zero-order valence-corrected chi connectivity index (χ0v) is 14.1. The third-order valence-corrected chi connectivity index (χ3v) is 4.78. The lowest BCUT2D eigenvalue weighted by Gasteiger charge is -2.01. The summed E-state index contributed by atoms with van der Waals surface area (Å²) < 4.78 is 0. The van der Waals surface area contributed by atoms with Gasteiger partial charge in [0.15, 0.2) is 0 Å². The van der Waals surface area contributed by atoms with Crippen LogP contribution in [0.4, 0.5) is 0 Å². The molecule has 2 heterocycles. The van der Waals surface area contributed by atoms with Gasteiger partial charge in [0.2, 0.25) is 0 Å². The molecule has 25 heavy (non-hydrogen) atoms. The van der Waals surface area contributed by atoms with E-state index in [-0.39, 0.29) is 0 Å². The third kappa shape index (κ3) is 3.06. The summed E-state index contributed by atoms with van der Waals surface area (Å²) in [6, 6.07) is 22.1. The van der Waals surface area contributed by atoms with E-state index >= 15 is 0 Å². The van der Waals surface area contributed by atoms with Gasteiger partial charge in [-0.2, -0.15) is 5.26 Å². The van der Waals surface area contributed by atoms with E-state index in [4.69, 9.17) is 0 Å². The van der Waals surface area contributed by atoms with Crippen LogP contribution in [-0.4, -0.2) is 9.97 Å². The standard InChI is InChI=1S/C21H13N3S/c22-13-17(12-16-10-11-23-19-9-5-4-8-18(16)19)21-24-20(14-25-21)15-6-2-1-3-7-15/h1-12,14H. The lowest BCUT2D eigenvalue weighted by atomic mass is 10.1. The Labute approximate surface area is 149 Å². The van der Waals surface area contributed by atoms with Crippen molar-refractivity contribution in [2.45, 2.75) is 0 Å². The maximum absolute atomic E-state index is 9.63. The molecule has 4 aromatic rings. The van der Waals surface area contributed by atoms with Gasteiger partial charge in [0, 0.05) is 22.5 Å². The topological polar surface area (TPSA) is 49.6 Å². The summed E-state index contributed by atoms with van der Waals surface area (Å²) in [5.41, 5.74) is 4.39. The molecule has 0 amide bonds. The summed E-state index contributed by atoms with van der Waals surface area (Å²) in [6.45, 7) is 0. The molecule has 0 spiro atoms. The van der Waals surface area contributed by atoms with Gasteiger partial charge in [-0.3, -0.25) is 4.98 Å². The first-order valence-corrected chi connectivity index (χ1v) is 8.70. The first-order chi connectivity index (χ1) is 12.3. The largest absolute Gasteiger partial charge is 0.256 e. The van der Waals surface area contributed by atoms with Crippen LogP contribution in [0.15, 0.2) is 72.2 Å². The van der Waals surface area contributed by atoms with Crippen molar-refractivity contribution >= 4 is 33.9 Å². The Balaban J connectivity index is 1.77. The van der Waals surface area contributed by atoms with Crippen molar-refractivity contribution in [1.29, 1.82) is 5.26 Å². The molecular weight excluding hydrogens is 326 g/mol. The summed E-state index contributed by atoms with van der Waals surface area (Å²) in [5.74, 6) is 0. The number of nitriles is 1. The quantitative estimate of drug-likeness (QED) is 0.468. The van der Waals surface area contributed by atoms with E-state index in [0.717, 1.165) is 32.7 Å². The first kappa shape index (κ1) is 15.3. The number of hydrogen-bond acceptors (Lipinski definition) is 4. The van der Waals surface area contributed by atoms with Crippen LogP contribution < -0.4 is 0 Å². The first-order valence-electron chi connectivity index (χ1n) is 7.82. The highest BCUT2D eigenvalue weighted by Gasteiger charge is 2.10. The average molecular weight is 339 g/mol. The Morgan fingerprint density at radius 3 is 2.64 bits per heavy atom. The summed E-state index contributed by atoms with van der Waals surface area (Å²) in [7, 11) is 0. The minimum absolute atomic E-state index is 0.559. The van der Waals surface area contributed by atoms with E-state index < -0.39 is 0 Å². The van der Waals surface area contributed by atoms with E-state index in [0.29, 0.717) is 5.57 Å². The predicted octanol–water partition coefficient (Wildman–Crippen LogP) is 5.42. The molecule has 0 saturated carbocycles. The summed E-state index contributed by atoms with van der Waals surface area (Å²) >= 11 is 1.48. The number of pyridine rings is 1. The smallest absolute Gasteiger partial charge is 0.134 e.